The minimum Gasteiger partial charge on any atom is -0.394 e. The Labute approximate surface area is 154 Å². The zero-order valence-electron chi connectivity index (χ0n) is 15.6. The molecule has 0 spiro atoms. The van der Waals surface area contributed by atoms with E-state index in [0.717, 1.165) is 29.1 Å². The van der Waals surface area contributed by atoms with Gasteiger partial charge in [0, 0.05) is 18.7 Å². The molecule has 1 atom stereocenters. The Hall–Kier alpha value is -2.60. The standard InChI is InChI=1S/C20H27N5O/c1-4-16(12-26)23-18-10-17(21-11-15-8-6-5-7-9-15)19-20(24-18)25(13-22-19)14(2)3/h5-10,13-14,16,26H,4,11-12H2,1-3H3,(H2,21,23,24). The van der Waals surface area contributed by atoms with E-state index in [1.165, 1.54) is 5.56 Å². The topological polar surface area (TPSA) is 75.0 Å². The number of aliphatic hydroxyl groups is 1. The average molecular weight is 353 g/mol. The summed E-state index contributed by atoms with van der Waals surface area (Å²) in [6, 6.07) is 12.5. The third-order valence-electron chi connectivity index (χ3n) is 4.48. The van der Waals surface area contributed by atoms with E-state index in [1.807, 2.05) is 37.5 Å². The minimum absolute atomic E-state index is 0.0163. The van der Waals surface area contributed by atoms with Gasteiger partial charge in [-0.05, 0) is 25.8 Å². The van der Waals surface area contributed by atoms with E-state index in [2.05, 4.69) is 46.2 Å². The second-order valence-corrected chi connectivity index (χ2v) is 6.74. The number of rotatable bonds is 8. The van der Waals surface area contributed by atoms with E-state index in [1.54, 1.807) is 0 Å². The fourth-order valence-electron chi connectivity index (χ4n) is 2.87. The quantitative estimate of drug-likeness (QED) is 0.574. The summed E-state index contributed by atoms with van der Waals surface area (Å²) in [6.45, 7) is 7.06. The number of hydrogen-bond donors (Lipinski definition) is 3. The maximum Gasteiger partial charge on any atom is 0.164 e. The number of aromatic nitrogens is 3. The lowest BCUT2D eigenvalue weighted by atomic mass is 10.2. The first-order valence-corrected chi connectivity index (χ1v) is 9.15. The first-order chi connectivity index (χ1) is 12.6. The number of hydrogen-bond acceptors (Lipinski definition) is 5. The lowest BCUT2D eigenvalue weighted by Gasteiger charge is -2.17. The van der Waals surface area contributed by atoms with Crippen LogP contribution in [0.2, 0.25) is 0 Å². The van der Waals surface area contributed by atoms with Crippen LogP contribution in [0.15, 0.2) is 42.7 Å². The molecule has 2 heterocycles. The molecule has 3 rings (SSSR count). The molecular weight excluding hydrogens is 326 g/mol. The molecule has 26 heavy (non-hydrogen) atoms. The number of pyridine rings is 1. The molecule has 3 N–H and O–H groups in total. The molecule has 6 nitrogen and oxygen atoms in total. The molecule has 1 aromatic carbocycles. The van der Waals surface area contributed by atoms with Crippen molar-refractivity contribution in [2.75, 3.05) is 17.2 Å². The lowest BCUT2D eigenvalue weighted by molar-refractivity contribution is 0.271. The van der Waals surface area contributed by atoms with Crippen molar-refractivity contribution in [2.45, 2.75) is 45.8 Å². The SMILES string of the molecule is CCC(CO)Nc1cc(NCc2ccccc2)c2ncn(C(C)C)c2n1. The van der Waals surface area contributed by atoms with Crippen molar-refractivity contribution < 1.29 is 5.11 Å². The Bertz CT molecular complexity index is 840. The number of anilines is 2. The van der Waals surface area contributed by atoms with Gasteiger partial charge in [-0.1, -0.05) is 37.3 Å². The number of aliphatic hydroxyl groups excluding tert-OH is 1. The maximum atomic E-state index is 9.50. The average Bonchev–Trinajstić information content (AvgIpc) is 3.09. The molecule has 6 heteroatoms. The summed E-state index contributed by atoms with van der Waals surface area (Å²) in [6.07, 6.45) is 2.66. The largest absolute Gasteiger partial charge is 0.394 e. The first-order valence-electron chi connectivity index (χ1n) is 9.15. The molecule has 0 saturated carbocycles. The van der Waals surface area contributed by atoms with Gasteiger partial charge in [-0.2, -0.15) is 0 Å². The fourth-order valence-corrected chi connectivity index (χ4v) is 2.87. The van der Waals surface area contributed by atoms with Crippen LogP contribution in [0, 0.1) is 0 Å². The molecule has 0 saturated heterocycles. The molecule has 138 valence electrons. The van der Waals surface area contributed by atoms with Gasteiger partial charge in [0.1, 0.15) is 11.3 Å². The zero-order chi connectivity index (χ0) is 18.5. The number of fused-ring (bicyclic) bond motifs is 1. The van der Waals surface area contributed by atoms with E-state index >= 15 is 0 Å². The molecule has 3 aromatic rings. The van der Waals surface area contributed by atoms with Crippen LogP contribution >= 0.6 is 0 Å². The highest BCUT2D eigenvalue weighted by molar-refractivity contribution is 5.88. The molecular formula is C20H27N5O. The number of nitrogens with one attached hydrogen (secondary N) is 2. The summed E-state index contributed by atoms with van der Waals surface area (Å²) in [4.78, 5) is 9.32. The molecule has 0 fully saturated rings. The molecule has 0 amide bonds. The summed E-state index contributed by atoms with van der Waals surface area (Å²) in [7, 11) is 0. The van der Waals surface area contributed by atoms with Gasteiger partial charge in [0.05, 0.1) is 24.7 Å². The summed E-state index contributed by atoms with van der Waals surface area (Å²) in [5, 5.41) is 16.3. The number of benzene rings is 1. The van der Waals surface area contributed by atoms with Gasteiger partial charge in [0.2, 0.25) is 0 Å². The molecule has 0 radical (unpaired) electrons. The highest BCUT2D eigenvalue weighted by Gasteiger charge is 2.15. The third-order valence-corrected chi connectivity index (χ3v) is 4.48. The highest BCUT2D eigenvalue weighted by Crippen LogP contribution is 2.27. The fraction of sp³-hybridized carbons (Fsp3) is 0.400. The second kappa shape index (κ2) is 8.19. The first kappa shape index (κ1) is 18.2. The van der Waals surface area contributed by atoms with Crippen molar-refractivity contribution in [2.24, 2.45) is 0 Å². The van der Waals surface area contributed by atoms with Gasteiger partial charge in [0.15, 0.2) is 5.65 Å². The Morgan fingerprint density at radius 2 is 1.96 bits per heavy atom. The van der Waals surface area contributed by atoms with Crippen LogP contribution in [0.5, 0.6) is 0 Å². The molecule has 1 unspecified atom stereocenters. The van der Waals surface area contributed by atoms with Crippen LogP contribution in [0.25, 0.3) is 11.2 Å². The van der Waals surface area contributed by atoms with Gasteiger partial charge >= 0.3 is 0 Å². The van der Waals surface area contributed by atoms with Crippen molar-refractivity contribution >= 4 is 22.7 Å². The van der Waals surface area contributed by atoms with E-state index in [9.17, 15) is 5.11 Å². The van der Waals surface area contributed by atoms with Gasteiger partial charge < -0.3 is 20.3 Å². The molecule has 2 aromatic heterocycles. The van der Waals surface area contributed by atoms with Crippen LogP contribution in [0.4, 0.5) is 11.5 Å². The van der Waals surface area contributed by atoms with Crippen LogP contribution < -0.4 is 10.6 Å². The van der Waals surface area contributed by atoms with Crippen LogP contribution in [0.1, 0.15) is 38.8 Å². The van der Waals surface area contributed by atoms with Crippen LogP contribution in [-0.2, 0) is 6.54 Å². The van der Waals surface area contributed by atoms with Gasteiger partial charge in [-0.25, -0.2) is 9.97 Å². The minimum atomic E-state index is -0.0163. The highest BCUT2D eigenvalue weighted by atomic mass is 16.3. The Morgan fingerprint density at radius 3 is 2.62 bits per heavy atom. The van der Waals surface area contributed by atoms with Gasteiger partial charge in [-0.15, -0.1) is 0 Å². The number of nitrogens with zero attached hydrogens (tertiary/aromatic N) is 3. The molecule has 0 aliphatic heterocycles. The van der Waals surface area contributed by atoms with Crippen LogP contribution in [0.3, 0.4) is 0 Å². The van der Waals surface area contributed by atoms with Crippen molar-refractivity contribution in [3.8, 4) is 0 Å². The predicted octanol–water partition coefficient (Wildman–Crippen LogP) is 3.81. The van der Waals surface area contributed by atoms with Crippen LogP contribution in [-0.4, -0.2) is 32.3 Å². The Kier molecular flexibility index (Phi) is 5.73. The van der Waals surface area contributed by atoms with Gasteiger partial charge in [-0.3, -0.25) is 0 Å². The van der Waals surface area contributed by atoms with Crippen molar-refractivity contribution in [3.63, 3.8) is 0 Å². The Morgan fingerprint density at radius 1 is 1.19 bits per heavy atom. The van der Waals surface area contributed by atoms with E-state index < -0.39 is 0 Å². The predicted molar refractivity (Wildman–Crippen MR) is 106 cm³/mol. The monoisotopic (exact) mass is 353 g/mol. The normalized spacial score (nSPS) is 12.5. The van der Waals surface area contributed by atoms with Gasteiger partial charge in [0.25, 0.3) is 0 Å². The Balaban J connectivity index is 1.96. The summed E-state index contributed by atoms with van der Waals surface area (Å²) < 4.78 is 2.06. The van der Waals surface area contributed by atoms with E-state index in [4.69, 9.17) is 4.98 Å². The molecule has 0 aliphatic carbocycles. The third kappa shape index (κ3) is 3.96. The molecule has 0 aliphatic rings. The number of imidazole rings is 1. The van der Waals surface area contributed by atoms with Crippen molar-refractivity contribution in [1.29, 1.82) is 0 Å². The zero-order valence-corrected chi connectivity index (χ0v) is 15.6. The summed E-state index contributed by atoms with van der Waals surface area (Å²) in [5.74, 6) is 0.747. The second-order valence-electron chi connectivity index (χ2n) is 6.74. The van der Waals surface area contributed by atoms with Crippen molar-refractivity contribution in [1.82, 2.24) is 14.5 Å². The van der Waals surface area contributed by atoms with Crippen molar-refractivity contribution in [3.05, 3.63) is 48.3 Å². The van der Waals surface area contributed by atoms with E-state index in [0.29, 0.717) is 6.54 Å². The summed E-state index contributed by atoms with van der Waals surface area (Å²) >= 11 is 0. The maximum absolute atomic E-state index is 9.50. The van der Waals surface area contributed by atoms with E-state index in [-0.39, 0.29) is 18.7 Å². The summed E-state index contributed by atoms with van der Waals surface area (Å²) in [5.41, 5.74) is 3.84. The molecule has 0 bridgehead atoms. The lowest BCUT2D eigenvalue weighted by Crippen LogP contribution is -2.23. The smallest absolute Gasteiger partial charge is 0.164 e.